The fourth-order valence-electron chi connectivity index (χ4n) is 3.82. The first kappa shape index (κ1) is 14.1. The Hall–Kier alpha value is -0.860. The molecule has 110 valence electrons. The van der Waals surface area contributed by atoms with E-state index in [4.69, 9.17) is 0 Å². The Morgan fingerprint density at radius 2 is 1.70 bits per heavy atom. The summed E-state index contributed by atoms with van der Waals surface area (Å²) in [6.45, 7) is 5.32. The predicted molar refractivity (Wildman–Crippen MR) is 83.0 cm³/mol. The first-order valence-electron chi connectivity index (χ1n) is 8.18. The average molecular weight is 273 g/mol. The van der Waals surface area contributed by atoms with Crippen molar-refractivity contribution in [1.29, 1.82) is 0 Å². The molecular formula is C18H27NO. The number of aliphatic hydroxyl groups is 1. The Balaban J connectivity index is 1.72. The third-order valence-electron chi connectivity index (χ3n) is 5.39. The lowest BCUT2D eigenvalue weighted by molar-refractivity contribution is -0.00127. The van der Waals surface area contributed by atoms with Crippen molar-refractivity contribution in [2.75, 3.05) is 19.6 Å². The fourth-order valence-corrected chi connectivity index (χ4v) is 3.82. The minimum atomic E-state index is -0.211. The van der Waals surface area contributed by atoms with Crippen molar-refractivity contribution in [2.45, 2.75) is 57.0 Å². The van der Waals surface area contributed by atoms with Crippen LogP contribution in [0.5, 0.6) is 0 Å². The standard InChI is InChI=1S/C18H27NO/c1-15-6-8-16(9-7-15)18(10-5-11-18)17(20)14-19-12-3-2-4-13-19/h6-9,17,20H,2-5,10-14H2,1H3. The molecule has 1 heterocycles. The van der Waals surface area contributed by atoms with Gasteiger partial charge in [0.25, 0.3) is 0 Å². The summed E-state index contributed by atoms with van der Waals surface area (Å²) in [5, 5.41) is 10.9. The molecule has 1 N–H and O–H groups in total. The van der Waals surface area contributed by atoms with Crippen LogP contribution in [0.2, 0.25) is 0 Å². The molecule has 1 aromatic rings. The molecule has 0 spiro atoms. The number of likely N-dealkylation sites (tertiary alicyclic amines) is 1. The van der Waals surface area contributed by atoms with E-state index in [1.54, 1.807) is 0 Å². The van der Waals surface area contributed by atoms with Gasteiger partial charge in [0.2, 0.25) is 0 Å². The summed E-state index contributed by atoms with van der Waals surface area (Å²) in [4.78, 5) is 2.46. The summed E-state index contributed by atoms with van der Waals surface area (Å²) >= 11 is 0. The molecule has 0 aromatic heterocycles. The number of β-amino-alcohol motifs (C(OH)–C–C–N with tert-alkyl or cyclic N) is 1. The summed E-state index contributed by atoms with van der Waals surface area (Å²) in [7, 11) is 0. The number of nitrogens with zero attached hydrogens (tertiary/aromatic N) is 1. The van der Waals surface area contributed by atoms with Gasteiger partial charge in [0.15, 0.2) is 0 Å². The number of hydrogen-bond donors (Lipinski definition) is 1. The second-order valence-electron chi connectivity index (χ2n) is 6.75. The molecule has 1 aliphatic heterocycles. The maximum atomic E-state index is 10.9. The van der Waals surface area contributed by atoms with Gasteiger partial charge in [0.05, 0.1) is 6.10 Å². The molecule has 0 bridgehead atoms. The molecule has 0 amide bonds. The van der Waals surface area contributed by atoms with Crippen LogP contribution in [0.15, 0.2) is 24.3 Å². The zero-order chi connectivity index (χ0) is 14.0. The molecular weight excluding hydrogens is 246 g/mol. The van der Waals surface area contributed by atoms with Crippen LogP contribution in [0, 0.1) is 6.92 Å². The summed E-state index contributed by atoms with van der Waals surface area (Å²) in [5.74, 6) is 0. The van der Waals surface area contributed by atoms with Gasteiger partial charge in [-0.2, -0.15) is 0 Å². The Bertz CT molecular complexity index is 429. The Morgan fingerprint density at radius 3 is 2.25 bits per heavy atom. The van der Waals surface area contributed by atoms with E-state index in [1.807, 2.05) is 0 Å². The monoisotopic (exact) mass is 273 g/mol. The largest absolute Gasteiger partial charge is 0.391 e. The SMILES string of the molecule is Cc1ccc(C2(C(O)CN3CCCCC3)CCC2)cc1. The maximum Gasteiger partial charge on any atom is 0.0763 e. The van der Waals surface area contributed by atoms with Gasteiger partial charge in [-0.1, -0.05) is 42.7 Å². The van der Waals surface area contributed by atoms with Crippen molar-refractivity contribution in [1.82, 2.24) is 4.90 Å². The molecule has 2 fully saturated rings. The van der Waals surface area contributed by atoms with Gasteiger partial charge in [-0.15, -0.1) is 0 Å². The van der Waals surface area contributed by atoms with Crippen LogP contribution in [0.1, 0.15) is 49.7 Å². The number of aryl methyl sites for hydroxylation is 1. The Morgan fingerprint density at radius 1 is 1.05 bits per heavy atom. The lowest BCUT2D eigenvalue weighted by Gasteiger charge is -2.47. The highest BCUT2D eigenvalue weighted by atomic mass is 16.3. The third-order valence-corrected chi connectivity index (χ3v) is 5.39. The summed E-state index contributed by atoms with van der Waals surface area (Å²) in [6.07, 6.45) is 7.28. The number of hydrogen-bond acceptors (Lipinski definition) is 2. The van der Waals surface area contributed by atoms with E-state index in [-0.39, 0.29) is 11.5 Å². The summed E-state index contributed by atoms with van der Waals surface area (Å²) in [5.41, 5.74) is 2.68. The molecule has 1 aromatic carbocycles. The zero-order valence-electron chi connectivity index (χ0n) is 12.6. The van der Waals surface area contributed by atoms with E-state index >= 15 is 0 Å². The first-order valence-corrected chi connectivity index (χ1v) is 8.18. The van der Waals surface area contributed by atoms with Crippen molar-refractivity contribution >= 4 is 0 Å². The minimum Gasteiger partial charge on any atom is -0.391 e. The maximum absolute atomic E-state index is 10.9. The van der Waals surface area contributed by atoms with Crippen molar-refractivity contribution in [3.8, 4) is 0 Å². The van der Waals surface area contributed by atoms with Gasteiger partial charge in [0, 0.05) is 12.0 Å². The van der Waals surface area contributed by atoms with Crippen molar-refractivity contribution in [2.24, 2.45) is 0 Å². The molecule has 1 saturated carbocycles. The van der Waals surface area contributed by atoms with Crippen molar-refractivity contribution in [3.05, 3.63) is 35.4 Å². The van der Waals surface area contributed by atoms with Gasteiger partial charge in [-0.3, -0.25) is 0 Å². The normalized spacial score (nSPS) is 24.1. The quantitative estimate of drug-likeness (QED) is 0.910. The fraction of sp³-hybridized carbons (Fsp3) is 0.667. The van der Waals surface area contributed by atoms with E-state index < -0.39 is 0 Å². The zero-order valence-corrected chi connectivity index (χ0v) is 12.6. The highest BCUT2D eigenvalue weighted by molar-refractivity contribution is 5.32. The van der Waals surface area contributed by atoms with E-state index in [9.17, 15) is 5.11 Å². The molecule has 0 radical (unpaired) electrons. The van der Waals surface area contributed by atoms with Crippen molar-refractivity contribution in [3.63, 3.8) is 0 Å². The van der Waals surface area contributed by atoms with Gasteiger partial charge in [-0.05, 0) is 51.3 Å². The molecule has 1 atom stereocenters. The highest BCUT2D eigenvalue weighted by Crippen LogP contribution is 2.46. The van der Waals surface area contributed by atoms with Crippen LogP contribution in [-0.2, 0) is 5.41 Å². The van der Waals surface area contributed by atoms with Crippen LogP contribution in [0.25, 0.3) is 0 Å². The highest BCUT2D eigenvalue weighted by Gasteiger charge is 2.45. The third kappa shape index (κ3) is 2.64. The van der Waals surface area contributed by atoms with Crippen molar-refractivity contribution < 1.29 is 5.11 Å². The lowest BCUT2D eigenvalue weighted by atomic mass is 9.61. The number of benzene rings is 1. The van der Waals surface area contributed by atoms with Gasteiger partial charge >= 0.3 is 0 Å². The molecule has 20 heavy (non-hydrogen) atoms. The van der Waals surface area contributed by atoms with Crippen LogP contribution in [-0.4, -0.2) is 35.7 Å². The second kappa shape index (κ2) is 5.87. The lowest BCUT2D eigenvalue weighted by Crippen LogP contribution is -2.51. The van der Waals surface area contributed by atoms with E-state index in [0.717, 1.165) is 19.4 Å². The number of aliphatic hydroxyl groups excluding tert-OH is 1. The van der Waals surface area contributed by atoms with Gasteiger partial charge < -0.3 is 10.0 Å². The molecule has 1 unspecified atom stereocenters. The van der Waals surface area contributed by atoms with Crippen LogP contribution >= 0.6 is 0 Å². The molecule has 2 nitrogen and oxygen atoms in total. The second-order valence-corrected chi connectivity index (χ2v) is 6.75. The molecule has 2 heteroatoms. The topological polar surface area (TPSA) is 23.5 Å². The minimum absolute atomic E-state index is 0.0329. The molecule has 1 aliphatic carbocycles. The van der Waals surface area contributed by atoms with E-state index in [0.29, 0.717) is 0 Å². The summed E-state index contributed by atoms with van der Waals surface area (Å²) < 4.78 is 0. The Kier molecular flexibility index (Phi) is 4.13. The molecule has 2 aliphatic rings. The first-order chi connectivity index (χ1) is 9.71. The summed E-state index contributed by atoms with van der Waals surface area (Å²) in [6, 6.07) is 8.83. The van der Waals surface area contributed by atoms with Gasteiger partial charge in [-0.25, -0.2) is 0 Å². The molecule has 1 saturated heterocycles. The van der Waals surface area contributed by atoms with E-state index in [2.05, 4.69) is 36.1 Å². The molecule has 3 rings (SSSR count). The van der Waals surface area contributed by atoms with Crippen LogP contribution in [0.4, 0.5) is 0 Å². The van der Waals surface area contributed by atoms with Gasteiger partial charge in [0.1, 0.15) is 0 Å². The number of rotatable bonds is 4. The average Bonchev–Trinajstić information content (AvgIpc) is 2.41. The Labute approximate surface area is 122 Å². The van der Waals surface area contributed by atoms with E-state index in [1.165, 1.54) is 49.9 Å². The smallest absolute Gasteiger partial charge is 0.0763 e. The predicted octanol–water partition coefficient (Wildman–Crippen LogP) is 3.26. The van der Waals surface area contributed by atoms with Crippen LogP contribution < -0.4 is 0 Å². The number of piperidine rings is 1. The van der Waals surface area contributed by atoms with Crippen LogP contribution in [0.3, 0.4) is 0 Å².